The number of carbonyl (C=O) groups excluding carboxylic acids is 3. The number of ether oxygens (including phenoxy) is 1. The van der Waals surface area contributed by atoms with Gasteiger partial charge in [-0.05, 0) is 51.3 Å². The minimum absolute atomic E-state index is 0.100. The van der Waals surface area contributed by atoms with Crippen LogP contribution in [0, 0.1) is 5.92 Å². The Morgan fingerprint density at radius 3 is 2.48 bits per heavy atom. The molecule has 1 aliphatic rings. The third kappa shape index (κ3) is 7.68. The van der Waals surface area contributed by atoms with Crippen LogP contribution in [0.25, 0.3) is 0 Å². The number of carbonyl (C=O) groups is 3. The molecule has 2 rings (SSSR count). The van der Waals surface area contributed by atoms with Gasteiger partial charge in [0.15, 0.2) is 0 Å². The molecular weight excluding hydrogens is 346 g/mol. The Bertz CT molecular complexity index is 676. The molecule has 1 saturated carbocycles. The maximum atomic E-state index is 12.1. The van der Waals surface area contributed by atoms with E-state index in [4.69, 9.17) is 4.74 Å². The predicted molar refractivity (Wildman–Crippen MR) is 103 cm³/mol. The van der Waals surface area contributed by atoms with Crippen LogP contribution in [-0.4, -0.2) is 30.1 Å². The number of benzene rings is 1. The first kappa shape index (κ1) is 20.7. The van der Waals surface area contributed by atoms with E-state index in [1.807, 2.05) is 12.1 Å². The minimum Gasteiger partial charge on any atom is -0.444 e. The summed E-state index contributed by atoms with van der Waals surface area (Å²) in [6.07, 6.45) is 3.54. The van der Waals surface area contributed by atoms with Crippen LogP contribution in [0.2, 0.25) is 0 Å². The van der Waals surface area contributed by atoms with E-state index in [0.29, 0.717) is 12.2 Å². The SMILES string of the molecule is CC(C)(C)OC(=O)NCC(=O)Nc1cccc(CNC(=O)C2CCCC2)c1. The number of rotatable bonds is 6. The van der Waals surface area contributed by atoms with Gasteiger partial charge in [0.05, 0.1) is 0 Å². The summed E-state index contributed by atoms with van der Waals surface area (Å²) in [7, 11) is 0. The molecule has 1 aliphatic carbocycles. The Labute approximate surface area is 160 Å². The standard InChI is InChI=1S/C20H29N3O4/c1-20(2,3)27-19(26)22-13-17(24)23-16-10-6-7-14(11-16)12-21-18(25)15-8-4-5-9-15/h6-7,10-11,15H,4-5,8-9,12-13H2,1-3H3,(H,21,25)(H,22,26)(H,23,24). The molecule has 0 aliphatic heterocycles. The van der Waals surface area contributed by atoms with E-state index in [9.17, 15) is 14.4 Å². The van der Waals surface area contributed by atoms with Crippen molar-refractivity contribution in [2.45, 2.75) is 58.6 Å². The molecule has 27 heavy (non-hydrogen) atoms. The molecule has 148 valence electrons. The van der Waals surface area contributed by atoms with E-state index in [-0.39, 0.29) is 24.3 Å². The van der Waals surface area contributed by atoms with Crippen LogP contribution in [0.5, 0.6) is 0 Å². The van der Waals surface area contributed by atoms with Crippen molar-refractivity contribution in [3.05, 3.63) is 29.8 Å². The Morgan fingerprint density at radius 2 is 1.81 bits per heavy atom. The van der Waals surface area contributed by atoms with E-state index < -0.39 is 11.7 Å². The van der Waals surface area contributed by atoms with Crippen molar-refractivity contribution in [3.63, 3.8) is 0 Å². The molecule has 3 amide bonds. The van der Waals surface area contributed by atoms with E-state index in [2.05, 4.69) is 16.0 Å². The normalized spacial score (nSPS) is 14.5. The third-order valence-electron chi connectivity index (χ3n) is 4.20. The quantitative estimate of drug-likeness (QED) is 0.712. The second-order valence-electron chi connectivity index (χ2n) is 7.80. The summed E-state index contributed by atoms with van der Waals surface area (Å²) in [6.45, 7) is 5.50. The lowest BCUT2D eigenvalue weighted by atomic mass is 10.1. The molecule has 0 radical (unpaired) electrons. The van der Waals surface area contributed by atoms with E-state index in [1.165, 1.54) is 0 Å². The average Bonchev–Trinajstić information content (AvgIpc) is 3.11. The van der Waals surface area contributed by atoms with Gasteiger partial charge in [0, 0.05) is 18.2 Å². The molecule has 0 atom stereocenters. The highest BCUT2D eigenvalue weighted by molar-refractivity contribution is 5.93. The monoisotopic (exact) mass is 375 g/mol. The Kier molecular flexibility index (Phi) is 7.21. The largest absolute Gasteiger partial charge is 0.444 e. The molecule has 0 aromatic heterocycles. The van der Waals surface area contributed by atoms with Gasteiger partial charge in [-0.25, -0.2) is 4.79 Å². The van der Waals surface area contributed by atoms with Crippen molar-refractivity contribution in [1.29, 1.82) is 0 Å². The van der Waals surface area contributed by atoms with Crippen LogP contribution in [-0.2, 0) is 20.9 Å². The summed E-state index contributed by atoms with van der Waals surface area (Å²) in [6, 6.07) is 7.27. The molecule has 3 N–H and O–H groups in total. The van der Waals surface area contributed by atoms with Crippen molar-refractivity contribution in [2.24, 2.45) is 5.92 Å². The number of hydrogen-bond donors (Lipinski definition) is 3. The molecular formula is C20H29N3O4. The van der Waals surface area contributed by atoms with Crippen LogP contribution >= 0.6 is 0 Å². The smallest absolute Gasteiger partial charge is 0.408 e. The van der Waals surface area contributed by atoms with Crippen LogP contribution in [0.3, 0.4) is 0 Å². The zero-order chi connectivity index (χ0) is 19.9. The van der Waals surface area contributed by atoms with Gasteiger partial charge in [0.2, 0.25) is 11.8 Å². The predicted octanol–water partition coefficient (Wildman–Crippen LogP) is 2.96. The highest BCUT2D eigenvalue weighted by Crippen LogP contribution is 2.24. The number of anilines is 1. The summed E-state index contributed by atoms with van der Waals surface area (Å²) >= 11 is 0. The van der Waals surface area contributed by atoms with E-state index >= 15 is 0 Å². The lowest BCUT2D eigenvalue weighted by Crippen LogP contribution is -2.37. The third-order valence-corrected chi connectivity index (χ3v) is 4.20. The fourth-order valence-corrected chi connectivity index (χ4v) is 2.95. The molecule has 0 unspecified atom stereocenters. The topological polar surface area (TPSA) is 96.5 Å². The van der Waals surface area contributed by atoms with Gasteiger partial charge in [-0.2, -0.15) is 0 Å². The zero-order valence-electron chi connectivity index (χ0n) is 16.3. The fourth-order valence-electron chi connectivity index (χ4n) is 2.95. The maximum absolute atomic E-state index is 12.1. The molecule has 1 aromatic carbocycles. The van der Waals surface area contributed by atoms with Gasteiger partial charge in [-0.3, -0.25) is 9.59 Å². The molecule has 0 saturated heterocycles. The Morgan fingerprint density at radius 1 is 1.11 bits per heavy atom. The summed E-state index contributed by atoms with van der Waals surface area (Å²) in [5, 5.41) is 8.09. The Balaban J connectivity index is 1.78. The van der Waals surface area contributed by atoms with Crippen molar-refractivity contribution in [3.8, 4) is 0 Å². The second kappa shape index (κ2) is 9.39. The first-order valence-corrected chi connectivity index (χ1v) is 9.36. The molecule has 0 heterocycles. The Hall–Kier alpha value is -2.57. The van der Waals surface area contributed by atoms with Gasteiger partial charge in [0.1, 0.15) is 12.1 Å². The fraction of sp³-hybridized carbons (Fsp3) is 0.550. The zero-order valence-corrected chi connectivity index (χ0v) is 16.3. The first-order valence-electron chi connectivity index (χ1n) is 9.36. The van der Waals surface area contributed by atoms with Crippen LogP contribution < -0.4 is 16.0 Å². The molecule has 1 fully saturated rings. The maximum Gasteiger partial charge on any atom is 0.408 e. The van der Waals surface area contributed by atoms with E-state index in [0.717, 1.165) is 31.2 Å². The summed E-state index contributed by atoms with van der Waals surface area (Å²) < 4.78 is 5.08. The van der Waals surface area contributed by atoms with Crippen molar-refractivity contribution >= 4 is 23.6 Å². The summed E-state index contributed by atoms with van der Waals surface area (Å²) in [4.78, 5) is 35.7. The molecule has 1 aromatic rings. The molecule has 0 spiro atoms. The van der Waals surface area contributed by atoms with Crippen molar-refractivity contribution < 1.29 is 19.1 Å². The highest BCUT2D eigenvalue weighted by atomic mass is 16.6. The van der Waals surface area contributed by atoms with Crippen LogP contribution in [0.15, 0.2) is 24.3 Å². The van der Waals surface area contributed by atoms with Gasteiger partial charge in [-0.1, -0.05) is 25.0 Å². The van der Waals surface area contributed by atoms with Gasteiger partial charge in [0.25, 0.3) is 0 Å². The van der Waals surface area contributed by atoms with Crippen molar-refractivity contribution in [1.82, 2.24) is 10.6 Å². The van der Waals surface area contributed by atoms with Crippen LogP contribution in [0.1, 0.15) is 52.0 Å². The summed E-state index contributed by atoms with van der Waals surface area (Å²) in [5.74, 6) is -0.122. The molecule has 0 bridgehead atoms. The van der Waals surface area contributed by atoms with Gasteiger partial charge >= 0.3 is 6.09 Å². The van der Waals surface area contributed by atoms with E-state index in [1.54, 1.807) is 32.9 Å². The molecule has 7 nitrogen and oxygen atoms in total. The van der Waals surface area contributed by atoms with Crippen LogP contribution in [0.4, 0.5) is 10.5 Å². The minimum atomic E-state index is -0.638. The lowest BCUT2D eigenvalue weighted by Gasteiger charge is -2.19. The average molecular weight is 375 g/mol. The van der Waals surface area contributed by atoms with Crippen molar-refractivity contribution in [2.75, 3.05) is 11.9 Å². The summed E-state index contributed by atoms with van der Waals surface area (Å²) in [5.41, 5.74) is 0.899. The van der Waals surface area contributed by atoms with Gasteiger partial charge < -0.3 is 20.7 Å². The second-order valence-corrected chi connectivity index (χ2v) is 7.80. The first-order chi connectivity index (χ1) is 12.7. The molecule has 7 heteroatoms. The number of hydrogen-bond acceptors (Lipinski definition) is 4. The number of alkyl carbamates (subject to hydrolysis) is 1. The van der Waals surface area contributed by atoms with Gasteiger partial charge in [-0.15, -0.1) is 0 Å². The number of nitrogens with one attached hydrogen (secondary N) is 3. The highest BCUT2D eigenvalue weighted by Gasteiger charge is 2.22. The number of amides is 3. The lowest BCUT2D eigenvalue weighted by molar-refractivity contribution is -0.125.